The van der Waals surface area contributed by atoms with Gasteiger partial charge >= 0.3 is 0 Å². The van der Waals surface area contributed by atoms with E-state index in [1.54, 1.807) is 21.9 Å². The second kappa shape index (κ2) is 6.56. The molecule has 4 aliphatic rings. The predicted octanol–water partition coefficient (Wildman–Crippen LogP) is 7.77. The Bertz CT molecular complexity index is 1420. The summed E-state index contributed by atoms with van der Waals surface area (Å²) in [7, 11) is -2.06. The van der Waals surface area contributed by atoms with E-state index in [4.69, 9.17) is 0 Å². The van der Waals surface area contributed by atoms with Crippen LogP contribution in [0.2, 0.25) is 13.1 Å². The van der Waals surface area contributed by atoms with Gasteiger partial charge in [0.1, 0.15) is 8.07 Å². The number of allylic oxidation sites excluding steroid dienone is 3. The number of benzene rings is 4. The van der Waals surface area contributed by atoms with Gasteiger partial charge in [0.05, 0.1) is 0 Å². The first-order valence-corrected chi connectivity index (χ1v) is 14.9. The van der Waals surface area contributed by atoms with Crippen molar-refractivity contribution in [3.8, 4) is 0 Å². The quantitative estimate of drug-likeness (QED) is 0.280. The first-order chi connectivity index (χ1) is 16.2. The first kappa shape index (κ1) is 19.1. The summed E-state index contributed by atoms with van der Waals surface area (Å²) in [6.45, 7) is 5.20. The molecule has 0 radical (unpaired) electrons. The van der Waals surface area contributed by atoms with Crippen LogP contribution in [0.15, 0.2) is 121 Å². The van der Waals surface area contributed by atoms with Crippen molar-refractivity contribution in [3.05, 3.63) is 154 Å². The van der Waals surface area contributed by atoms with Crippen LogP contribution in [0.25, 0.3) is 10.8 Å². The molecule has 0 atom stereocenters. The summed E-state index contributed by atoms with van der Waals surface area (Å²) < 4.78 is 0. The average Bonchev–Trinajstić information content (AvgIpc) is 3.13. The van der Waals surface area contributed by atoms with Crippen LogP contribution in [-0.2, 0) is 5.04 Å². The molecule has 3 aliphatic carbocycles. The molecule has 4 aromatic rings. The molecule has 0 saturated heterocycles. The molecule has 2 bridgehead atoms. The average molecular weight is 439 g/mol. The van der Waals surface area contributed by atoms with Gasteiger partial charge in [0.25, 0.3) is 0 Å². The van der Waals surface area contributed by atoms with Crippen LogP contribution in [-0.4, -0.2) is 8.07 Å². The summed E-state index contributed by atoms with van der Waals surface area (Å²) in [5, 5.41) is 1.50. The number of hydrogen-bond donors (Lipinski definition) is 0. The molecule has 158 valence electrons. The zero-order chi connectivity index (χ0) is 22.2. The molecule has 1 heterocycles. The predicted molar refractivity (Wildman–Crippen MR) is 141 cm³/mol. The summed E-state index contributed by atoms with van der Waals surface area (Å²) in [6, 6.07) is 40.9. The molecule has 0 nitrogen and oxygen atoms in total. The Balaban J connectivity index is 1.67. The lowest BCUT2D eigenvalue weighted by molar-refractivity contribution is 0.727. The smallest absolute Gasteiger partial charge is 0.0642 e. The van der Waals surface area contributed by atoms with Crippen molar-refractivity contribution in [1.29, 1.82) is 0 Å². The Hall–Kier alpha value is -3.42. The fraction of sp³-hybridized carbons (Fsp3) is 0.125. The third-order valence-electron chi connectivity index (χ3n) is 8.40. The van der Waals surface area contributed by atoms with Gasteiger partial charge in [-0.15, -0.1) is 0 Å². The Morgan fingerprint density at radius 3 is 1.64 bits per heavy atom. The topological polar surface area (TPSA) is 0 Å². The fourth-order valence-electron chi connectivity index (χ4n) is 7.18. The number of hydrogen-bond acceptors (Lipinski definition) is 0. The van der Waals surface area contributed by atoms with E-state index in [1.165, 1.54) is 27.8 Å². The fourth-order valence-corrected chi connectivity index (χ4v) is 11.7. The third kappa shape index (κ3) is 2.21. The summed E-state index contributed by atoms with van der Waals surface area (Å²) in [5.41, 5.74) is 11.9. The molecule has 4 aromatic carbocycles. The molecular formula is C32H26Si. The van der Waals surface area contributed by atoms with Gasteiger partial charge < -0.3 is 0 Å². The van der Waals surface area contributed by atoms with Gasteiger partial charge in [-0.1, -0.05) is 134 Å². The standard InChI is InChI=1S/C32H26Si/c1-33(2)29(22-13-5-3-6-14-22)21-28-30(23-15-7-4-8-16-23)31-24-17-9-11-19-26(24)32(28,33)27-20-12-10-18-25(27)31/h3-21,31H,1-2H3. The number of rotatable bonds is 2. The zero-order valence-corrected chi connectivity index (χ0v) is 20.0. The van der Waals surface area contributed by atoms with Crippen molar-refractivity contribution in [2.45, 2.75) is 24.1 Å². The van der Waals surface area contributed by atoms with Crippen LogP contribution in [0.4, 0.5) is 0 Å². The van der Waals surface area contributed by atoms with Gasteiger partial charge in [0.2, 0.25) is 0 Å². The van der Waals surface area contributed by atoms with Gasteiger partial charge in [-0.25, -0.2) is 0 Å². The third-order valence-corrected chi connectivity index (χ3v) is 12.9. The van der Waals surface area contributed by atoms with Gasteiger partial charge in [0.15, 0.2) is 0 Å². The molecule has 1 heteroatoms. The van der Waals surface area contributed by atoms with Crippen molar-refractivity contribution in [1.82, 2.24) is 0 Å². The van der Waals surface area contributed by atoms with Gasteiger partial charge in [0, 0.05) is 11.0 Å². The minimum Gasteiger partial charge on any atom is -0.0642 e. The Morgan fingerprint density at radius 1 is 0.576 bits per heavy atom. The molecule has 0 aromatic heterocycles. The molecule has 8 rings (SSSR count). The van der Waals surface area contributed by atoms with Crippen LogP contribution in [0.3, 0.4) is 0 Å². The molecule has 0 amide bonds. The second-order valence-corrected chi connectivity index (χ2v) is 14.6. The lowest BCUT2D eigenvalue weighted by Crippen LogP contribution is -2.56. The monoisotopic (exact) mass is 438 g/mol. The van der Waals surface area contributed by atoms with Crippen molar-refractivity contribution >= 4 is 18.8 Å². The van der Waals surface area contributed by atoms with Crippen LogP contribution in [0.1, 0.15) is 39.3 Å². The van der Waals surface area contributed by atoms with Crippen molar-refractivity contribution in [3.63, 3.8) is 0 Å². The minimum absolute atomic E-state index is 0.0642. The molecular weight excluding hydrogens is 412 g/mol. The van der Waals surface area contributed by atoms with Crippen molar-refractivity contribution in [2.75, 3.05) is 0 Å². The van der Waals surface area contributed by atoms with E-state index in [1.807, 2.05) is 0 Å². The summed E-state index contributed by atoms with van der Waals surface area (Å²) in [6.07, 6.45) is 2.60. The van der Waals surface area contributed by atoms with Crippen molar-refractivity contribution < 1.29 is 0 Å². The van der Waals surface area contributed by atoms with Crippen LogP contribution >= 0.6 is 0 Å². The maximum atomic E-state index is 2.60. The van der Waals surface area contributed by atoms with E-state index in [-0.39, 0.29) is 11.0 Å². The maximum absolute atomic E-state index is 2.60. The highest BCUT2D eigenvalue weighted by atomic mass is 28.3. The van der Waals surface area contributed by atoms with Gasteiger partial charge in [-0.2, -0.15) is 0 Å². The highest BCUT2D eigenvalue weighted by molar-refractivity contribution is 6.99. The lowest BCUT2D eigenvalue weighted by atomic mass is 9.59. The summed E-state index contributed by atoms with van der Waals surface area (Å²) >= 11 is 0. The van der Waals surface area contributed by atoms with E-state index in [9.17, 15) is 0 Å². The highest BCUT2D eigenvalue weighted by Gasteiger charge is 2.64. The molecule has 0 saturated carbocycles. The van der Waals surface area contributed by atoms with Crippen LogP contribution in [0.5, 0.6) is 0 Å². The van der Waals surface area contributed by atoms with E-state index >= 15 is 0 Å². The highest BCUT2D eigenvalue weighted by Crippen LogP contribution is 2.68. The summed E-state index contributed by atoms with van der Waals surface area (Å²) in [4.78, 5) is 0. The molecule has 33 heavy (non-hydrogen) atoms. The normalized spacial score (nSPS) is 23.6. The van der Waals surface area contributed by atoms with Crippen LogP contribution in [0, 0.1) is 0 Å². The molecule has 1 aliphatic heterocycles. The molecule has 0 N–H and O–H groups in total. The largest absolute Gasteiger partial charge is 0.102 e. The lowest BCUT2D eigenvalue weighted by Gasteiger charge is -2.55. The molecule has 1 spiro atoms. The van der Waals surface area contributed by atoms with E-state index in [0.29, 0.717) is 0 Å². The Morgan fingerprint density at radius 2 is 1.06 bits per heavy atom. The SMILES string of the molecule is C[Si]1(C)C(c2ccccc2)=CC2=C(c3ccccc3)C3c4ccccc4C21c1ccccc13. The second-order valence-electron chi connectivity index (χ2n) is 10.1. The van der Waals surface area contributed by atoms with Gasteiger partial charge in [-0.3, -0.25) is 0 Å². The molecule has 0 unspecified atom stereocenters. The van der Waals surface area contributed by atoms with Crippen LogP contribution < -0.4 is 0 Å². The zero-order valence-electron chi connectivity index (χ0n) is 19.0. The Labute approximate surface area is 197 Å². The van der Waals surface area contributed by atoms with Gasteiger partial charge in [-0.05, 0) is 44.5 Å². The van der Waals surface area contributed by atoms with Crippen molar-refractivity contribution in [2.24, 2.45) is 0 Å². The van der Waals surface area contributed by atoms with E-state index in [0.717, 1.165) is 0 Å². The first-order valence-electron chi connectivity index (χ1n) is 11.9. The molecule has 0 fully saturated rings. The Kier molecular flexibility index (Phi) is 3.79. The van der Waals surface area contributed by atoms with E-state index < -0.39 is 8.07 Å². The van der Waals surface area contributed by atoms with E-state index in [2.05, 4.69) is 128 Å². The summed E-state index contributed by atoms with van der Waals surface area (Å²) in [5.74, 6) is 0.285. The minimum atomic E-state index is -2.06. The maximum Gasteiger partial charge on any atom is 0.102 e.